The Balaban J connectivity index is 0.000000227. The Labute approximate surface area is 221 Å². The van der Waals surface area contributed by atoms with E-state index in [-0.39, 0.29) is 26.2 Å². The van der Waals surface area contributed by atoms with Crippen molar-refractivity contribution in [1.29, 1.82) is 0 Å². The predicted octanol–water partition coefficient (Wildman–Crippen LogP) is 9.81. The third-order valence-corrected chi connectivity index (χ3v) is 6.78. The van der Waals surface area contributed by atoms with Crippen LogP contribution in [-0.4, -0.2) is 0 Å². The fourth-order valence-corrected chi connectivity index (χ4v) is 4.87. The predicted molar refractivity (Wildman–Crippen MR) is 144 cm³/mol. The van der Waals surface area contributed by atoms with Gasteiger partial charge in [-0.1, -0.05) is 103 Å². The van der Waals surface area contributed by atoms with Crippen molar-refractivity contribution in [1.82, 2.24) is 0 Å². The van der Waals surface area contributed by atoms with Crippen LogP contribution in [0.2, 0.25) is 0 Å². The smallest absolute Gasteiger partial charge is 0.165 e. The molecule has 0 aliphatic carbocycles. The molecular formula is C32H42Zr. The minimum absolute atomic E-state index is 0. The van der Waals surface area contributed by atoms with Gasteiger partial charge in [0, 0.05) is 0 Å². The van der Waals surface area contributed by atoms with Crippen LogP contribution in [0.5, 0.6) is 0 Å². The molecule has 33 heavy (non-hydrogen) atoms. The summed E-state index contributed by atoms with van der Waals surface area (Å²) in [5.41, 5.74) is 8.65. The standard InChI is InChI=1S/2C16H21.Zr/c2*1-4-5-6-7-14-9-8-13(3)15-10-12(2)11-16(14)15;/h2*8-11H,4-7H2,1-3H3;/q2*-1;+2. The summed E-state index contributed by atoms with van der Waals surface area (Å²) in [7, 11) is 0. The second-order valence-corrected chi connectivity index (χ2v) is 9.72. The van der Waals surface area contributed by atoms with Crippen LogP contribution in [0.4, 0.5) is 0 Å². The summed E-state index contributed by atoms with van der Waals surface area (Å²) in [4.78, 5) is 0. The van der Waals surface area contributed by atoms with E-state index in [9.17, 15) is 0 Å². The van der Waals surface area contributed by atoms with Crippen molar-refractivity contribution >= 4 is 21.5 Å². The number of aryl methyl sites for hydroxylation is 6. The first-order valence-electron chi connectivity index (χ1n) is 12.8. The van der Waals surface area contributed by atoms with E-state index >= 15 is 0 Å². The Kier molecular flexibility index (Phi) is 11.3. The molecule has 0 aliphatic heterocycles. The summed E-state index contributed by atoms with van der Waals surface area (Å²) < 4.78 is 0. The van der Waals surface area contributed by atoms with E-state index in [0.717, 1.165) is 0 Å². The van der Waals surface area contributed by atoms with Gasteiger partial charge in [0.2, 0.25) is 0 Å². The minimum atomic E-state index is 0. The number of fused-ring (bicyclic) bond motifs is 2. The first-order valence-corrected chi connectivity index (χ1v) is 12.8. The Morgan fingerprint density at radius 2 is 0.970 bits per heavy atom. The molecule has 174 valence electrons. The van der Waals surface area contributed by atoms with Gasteiger partial charge in [-0.05, 0) is 12.8 Å². The van der Waals surface area contributed by atoms with Crippen LogP contribution in [0.3, 0.4) is 0 Å². The first-order chi connectivity index (χ1) is 15.4. The summed E-state index contributed by atoms with van der Waals surface area (Å²) >= 11 is 0. The first kappa shape index (κ1) is 27.8. The van der Waals surface area contributed by atoms with Crippen LogP contribution in [0.25, 0.3) is 21.5 Å². The Hall–Kier alpha value is -1.46. The van der Waals surface area contributed by atoms with Gasteiger partial charge in [-0.3, -0.25) is 0 Å². The number of unbranched alkanes of at least 4 members (excludes halogenated alkanes) is 4. The molecule has 1 heteroatoms. The molecule has 0 saturated carbocycles. The van der Waals surface area contributed by atoms with Crippen LogP contribution < -0.4 is 0 Å². The van der Waals surface area contributed by atoms with E-state index in [0.29, 0.717) is 0 Å². The van der Waals surface area contributed by atoms with E-state index in [4.69, 9.17) is 0 Å². The molecule has 0 nitrogen and oxygen atoms in total. The van der Waals surface area contributed by atoms with Crippen LogP contribution >= 0.6 is 0 Å². The van der Waals surface area contributed by atoms with Gasteiger partial charge in [0.1, 0.15) is 0 Å². The second kappa shape index (κ2) is 13.4. The monoisotopic (exact) mass is 516 g/mol. The summed E-state index contributed by atoms with van der Waals surface area (Å²) in [6, 6.07) is 18.5. The average molecular weight is 518 g/mol. The molecule has 0 atom stereocenters. The summed E-state index contributed by atoms with van der Waals surface area (Å²) in [5, 5.41) is 5.86. The van der Waals surface area contributed by atoms with E-state index in [2.05, 4.69) is 90.1 Å². The van der Waals surface area contributed by atoms with Gasteiger partial charge in [0.25, 0.3) is 0 Å². The molecule has 0 amide bonds. The molecule has 4 aromatic rings. The SMILES string of the molecule is CCCCCc1ccc(C)c2[cH-]c(C)cc12.CCCCCc1ccc(C)c2[cH-]c(C)cc12.[Zr+2]. The molecule has 0 bridgehead atoms. The van der Waals surface area contributed by atoms with Crippen molar-refractivity contribution in [2.45, 2.75) is 92.9 Å². The van der Waals surface area contributed by atoms with Crippen LogP contribution in [0.15, 0.2) is 48.5 Å². The Morgan fingerprint density at radius 1 is 0.576 bits per heavy atom. The number of rotatable bonds is 8. The van der Waals surface area contributed by atoms with Crippen molar-refractivity contribution < 1.29 is 26.2 Å². The number of benzene rings is 2. The molecule has 0 N–H and O–H groups in total. The third-order valence-electron chi connectivity index (χ3n) is 6.78. The van der Waals surface area contributed by atoms with E-state index in [1.54, 1.807) is 0 Å². The maximum absolute atomic E-state index is 2.34. The fourth-order valence-electron chi connectivity index (χ4n) is 4.87. The van der Waals surface area contributed by atoms with Crippen LogP contribution in [-0.2, 0) is 39.0 Å². The zero-order valence-corrected chi connectivity index (χ0v) is 24.2. The van der Waals surface area contributed by atoms with Gasteiger partial charge in [-0.2, -0.15) is 12.1 Å². The Bertz CT molecular complexity index is 1050. The molecule has 0 radical (unpaired) electrons. The molecule has 4 rings (SSSR count). The van der Waals surface area contributed by atoms with Gasteiger partial charge in [0.15, 0.2) is 0 Å². The summed E-state index contributed by atoms with van der Waals surface area (Å²) in [6.45, 7) is 13.3. The molecule has 0 aliphatic rings. The van der Waals surface area contributed by atoms with Crippen LogP contribution in [0, 0.1) is 27.7 Å². The van der Waals surface area contributed by atoms with E-state index in [1.165, 1.54) is 106 Å². The van der Waals surface area contributed by atoms with Crippen molar-refractivity contribution in [2.24, 2.45) is 0 Å². The van der Waals surface area contributed by atoms with Crippen molar-refractivity contribution in [3.63, 3.8) is 0 Å². The molecule has 4 aromatic carbocycles. The second-order valence-electron chi connectivity index (χ2n) is 9.72. The van der Waals surface area contributed by atoms with Crippen molar-refractivity contribution in [2.75, 3.05) is 0 Å². The summed E-state index contributed by atoms with van der Waals surface area (Å²) in [6.07, 6.45) is 10.4. The van der Waals surface area contributed by atoms with Gasteiger partial charge in [-0.25, -0.2) is 0 Å². The largest absolute Gasteiger partial charge is 2.00 e. The van der Waals surface area contributed by atoms with Gasteiger partial charge >= 0.3 is 26.2 Å². The third kappa shape index (κ3) is 7.26. The number of hydrogen-bond acceptors (Lipinski definition) is 0. The van der Waals surface area contributed by atoms with Crippen LogP contribution in [0.1, 0.15) is 85.8 Å². The molecule has 0 heterocycles. The average Bonchev–Trinajstić information content (AvgIpc) is 3.36. The molecule has 0 spiro atoms. The van der Waals surface area contributed by atoms with Crippen molar-refractivity contribution in [3.8, 4) is 0 Å². The maximum Gasteiger partial charge on any atom is 2.00 e. The minimum Gasteiger partial charge on any atom is -0.165 e. The number of hydrogen-bond donors (Lipinski definition) is 0. The zero-order valence-electron chi connectivity index (χ0n) is 21.8. The normalized spacial score (nSPS) is 10.8. The van der Waals surface area contributed by atoms with E-state index < -0.39 is 0 Å². The van der Waals surface area contributed by atoms with E-state index in [1.807, 2.05) is 0 Å². The Morgan fingerprint density at radius 3 is 1.33 bits per heavy atom. The van der Waals surface area contributed by atoms with Gasteiger partial charge < -0.3 is 0 Å². The quantitative estimate of drug-likeness (QED) is 0.161. The maximum atomic E-state index is 2.34. The summed E-state index contributed by atoms with van der Waals surface area (Å²) in [5.74, 6) is 0. The molecule has 0 saturated heterocycles. The molecule has 0 aromatic heterocycles. The zero-order chi connectivity index (χ0) is 23.1. The van der Waals surface area contributed by atoms with Gasteiger partial charge in [-0.15, -0.1) is 68.1 Å². The molecule has 0 fully saturated rings. The van der Waals surface area contributed by atoms with Gasteiger partial charge in [0.05, 0.1) is 0 Å². The fraction of sp³-hybridized carbons (Fsp3) is 0.438. The van der Waals surface area contributed by atoms with Crippen molar-refractivity contribution in [3.05, 3.63) is 81.9 Å². The topological polar surface area (TPSA) is 0 Å². The molecule has 0 unspecified atom stereocenters. The molecular weight excluding hydrogens is 476 g/mol.